The molecule has 0 aliphatic heterocycles. The second kappa shape index (κ2) is 5.15. The van der Waals surface area contributed by atoms with E-state index in [0.29, 0.717) is 0 Å². The van der Waals surface area contributed by atoms with Crippen LogP contribution in [-0.2, 0) is 16.0 Å². The summed E-state index contributed by atoms with van der Waals surface area (Å²) < 4.78 is 10.4. The SMILES string of the molecule is Cc1cc2occ(CC(=O)O[C@@H](C)C#N)c2cc1C. The van der Waals surface area contributed by atoms with Crippen molar-refractivity contribution in [2.45, 2.75) is 33.3 Å². The summed E-state index contributed by atoms with van der Waals surface area (Å²) in [7, 11) is 0. The van der Waals surface area contributed by atoms with Gasteiger partial charge in [0.15, 0.2) is 6.10 Å². The summed E-state index contributed by atoms with van der Waals surface area (Å²) in [5.74, 6) is -0.421. The largest absolute Gasteiger partial charge is 0.464 e. The molecule has 0 bridgehead atoms. The van der Waals surface area contributed by atoms with Crippen LogP contribution in [0.15, 0.2) is 22.8 Å². The number of carbonyl (C=O) groups excluding carboxylic acids is 1. The van der Waals surface area contributed by atoms with Gasteiger partial charge in [0.25, 0.3) is 0 Å². The average Bonchev–Trinajstić information content (AvgIpc) is 2.72. The molecular formula is C15H15NO3. The fraction of sp³-hybridized carbons (Fsp3) is 0.333. The number of ether oxygens (including phenoxy) is 1. The molecule has 0 unspecified atom stereocenters. The minimum absolute atomic E-state index is 0.113. The molecule has 19 heavy (non-hydrogen) atoms. The molecule has 0 saturated heterocycles. The lowest BCUT2D eigenvalue weighted by molar-refractivity contribution is -0.145. The van der Waals surface area contributed by atoms with Gasteiger partial charge in [0.1, 0.15) is 11.7 Å². The van der Waals surface area contributed by atoms with E-state index in [9.17, 15) is 4.79 Å². The van der Waals surface area contributed by atoms with Gasteiger partial charge in [-0.15, -0.1) is 0 Å². The van der Waals surface area contributed by atoms with E-state index in [2.05, 4.69) is 0 Å². The van der Waals surface area contributed by atoms with Gasteiger partial charge in [-0.25, -0.2) is 0 Å². The number of esters is 1. The van der Waals surface area contributed by atoms with Crippen LogP contribution in [0.2, 0.25) is 0 Å². The van der Waals surface area contributed by atoms with E-state index >= 15 is 0 Å². The zero-order chi connectivity index (χ0) is 14.0. The molecule has 2 aromatic rings. The zero-order valence-corrected chi connectivity index (χ0v) is 11.2. The van der Waals surface area contributed by atoms with Gasteiger partial charge in [-0.3, -0.25) is 4.79 Å². The Kier molecular flexibility index (Phi) is 3.57. The molecule has 4 heteroatoms. The summed E-state index contributed by atoms with van der Waals surface area (Å²) >= 11 is 0. The molecular weight excluding hydrogens is 242 g/mol. The molecule has 1 aromatic heterocycles. The van der Waals surface area contributed by atoms with Crippen LogP contribution in [0.1, 0.15) is 23.6 Å². The normalized spacial score (nSPS) is 12.1. The molecule has 0 fully saturated rings. The highest BCUT2D eigenvalue weighted by Gasteiger charge is 2.14. The first-order valence-electron chi connectivity index (χ1n) is 6.07. The predicted molar refractivity (Wildman–Crippen MR) is 70.6 cm³/mol. The lowest BCUT2D eigenvalue weighted by Gasteiger charge is -2.05. The Balaban J connectivity index is 2.25. The molecule has 1 aromatic carbocycles. The lowest BCUT2D eigenvalue weighted by Crippen LogP contribution is -2.14. The van der Waals surface area contributed by atoms with E-state index in [1.807, 2.05) is 32.0 Å². The summed E-state index contributed by atoms with van der Waals surface area (Å²) in [4.78, 5) is 11.7. The second-order valence-corrected chi connectivity index (χ2v) is 4.63. The number of hydrogen-bond donors (Lipinski definition) is 0. The number of aryl methyl sites for hydroxylation is 2. The van der Waals surface area contributed by atoms with E-state index in [1.54, 1.807) is 13.2 Å². The number of benzene rings is 1. The summed E-state index contributed by atoms with van der Waals surface area (Å²) in [6.07, 6.45) is 0.957. The summed E-state index contributed by atoms with van der Waals surface area (Å²) in [6, 6.07) is 5.82. The van der Waals surface area contributed by atoms with Gasteiger partial charge in [-0.1, -0.05) is 0 Å². The third kappa shape index (κ3) is 2.76. The summed E-state index contributed by atoms with van der Waals surface area (Å²) in [6.45, 7) is 5.57. The van der Waals surface area contributed by atoms with E-state index in [0.717, 1.165) is 27.7 Å². The third-order valence-corrected chi connectivity index (χ3v) is 3.09. The Bertz CT molecular complexity index is 664. The van der Waals surface area contributed by atoms with Gasteiger partial charge in [0, 0.05) is 10.9 Å². The number of nitrogens with zero attached hydrogens (tertiary/aromatic N) is 1. The van der Waals surface area contributed by atoms with Crippen molar-refractivity contribution in [1.82, 2.24) is 0 Å². The molecule has 4 nitrogen and oxygen atoms in total. The van der Waals surface area contributed by atoms with Crippen molar-refractivity contribution < 1.29 is 13.9 Å². The van der Waals surface area contributed by atoms with E-state index in [4.69, 9.17) is 14.4 Å². The Morgan fingerprint density at radius 3 is 2.79 bits per heavy atom. The van der Waals surface area contributed by atoms with Crippen molar-refractivity contribution in [3.8, 4) is 6.07 Å². The molecule has 0 amide bonds. The van der Waals surface area contributed by atoms with Crippen LogP contribution < -0.4 is 0 Å². The van der Waals surface area contributed by atoms with Crippen molar-refractivity contribution >= 4 is 16.9 Å². The maximum absolute atomic E-state index is 11.7. The molecule has 0 aliphatic rings. The number of carbonyl (C=O) groups is 1. The van der Waals surface area contributed by atoms with Crippen LogP contribution in [0.4, 0.5) is 0 Å². The molecule has 1 atom stereocenters. The van der Waals surface area contributed by atoms with Crippen molar-refractivity contribution in [1.29, 1.82) is 5.26 Å². The van der Waals surface area contributed by atoms with Gasteiger partial charge in [0.2, 0.25) is 0 Å². The van der Waals surface area contributed by atoms with Gasteiger partial charge >= 0.3 is 5.97 Å². The van der Waals surface area contributed by atoms with E-state index in [-0.39, 0.29) is 6.42 Å². The molecule has 98 valence electrons. The Labute approximate surface area is 111 Å². The quantitative estimate of drug-likeness (QED) is 0.793. The van der Waals surface area contributed by atoms with Crippen LogP contribution in [0.3, 0.4) is 0 Å². The highest BCUT2D eigenvalue weighted by atomic mass is 16.5. The summed E-state index contributed by atoms with van der Waals surface area (Å²) in [5, 5.41) is 9.52. The van der Waals surface area contributed by atoms with Gasteiger partial charge in [-0.05, 0) is 44.0 Å². The molecule has 0 saturated carbocycles. The first-order valence-corrected chi connectivity index (χ1v) is 6.07. The fourth-order valence-corrected chi connectivity index (χ4v) is 1.89. The standard InChI is InChI=1S/C15H15NO3/c1-9-4-13-12(6-15(17)19-11(3)7-16)8-18-14(13)5-10(9)2/h4-5,8,11H,6H2,1-3H3/t11-/m0/s1. The van der Waals surface area contributed by atoms with Gasteiger partial charge in [-0.2, -0.15) is 5.26 Å². The smallest absolute Gasteiger partial charge is 0.311 e. The van der Waals surface area contributed by atoms with Crippen LogP contribution >= 0.6 is 0 Å². The van der Waals surface area contributed by atoms with Crippen LogP contribution in [0, 0.1) is 25.2 Å². The molecule has 2 rings (SSSR count). The summed E-state index contributed by atoms with van der Waals surface area (Å²) in [5.41, 5.74) is 3.84. The second-order valence-electron chi connectivity index (χ2n) is 4.63. The number of nitriles is 1. The third-order valence-electron chi connectivity index (χ3n) is 3.09. The van der Waals surface area contributed by atoms with Gasteiger partial charge in [0.05, 0.1) is 12.7 Å². The van der Waals surface area contributed by atoms with E-state index in [1.165, 1.54) is 0 Å². The van der Waals surface area contributed by atoms with Crippen molar-refractivity contribution in [3.63, 3.8) is 0 Å². The van der Waals surface area contributed by atoms with Crippen molar-refractivity contribution in [2.24, 2.45) is 0 Å². The first-order chi connectivity index (χ1) is 9.01. The monoisotopic (exact) mass is 257 g/mol. The van der Waals surface area contributed by atoms with Crippen molar-refractivity contribution in [2.75, 3.05) is 0 Å². The molecule has 0 aliphatic carbocycles. The minimum atomic E-state index is -0.727. The highest BCUT2D eigenvalue weighted by molar-refractivity contribution is 5.86. The maximum atomic E-state index is 11.7. The minimum Gasteiger partial charge on any atom is -0.464 e. The Morgan fingerprint density at radius 1 is 1.42 bits per heavy atom. The fourth-order valence-electron chi connectivity index (χ4n) is 1.89. The Hall–Kier alpha value is -2.28. The van der Waals surface area contributed by atoms with Crippen LogP contribution in [-0.4, -0.2) is 12.1 Å². The highest BCUT2D eigenvalue weighted by Crippen LogP contribution is 2.25. The molecule has 0 radical (unpaired) electrons. The first kappa shape index (κ1) is 13.2. The topological polar surface area (TPSA) is 63.2 Å². The number of furan rings is 1. The van der Waals surface area contributed by atoms with Crippen molar-refractivity contribution in [3.05, 3.63) is 35.1 Å². The number of rotatable bonds is 3. The lowest BCUT2D eigenvalue weighted by atomic mass is 10.0. The number of hydrogen-bond acceptors (Lipinski definition) is 4. The molecule has 0 spiro atoms. The molecule has 1 heterocycles. The maximum Gasteiger partial charge on any atom is 0.311 e. The zero-order valence-electron chi connectivity index (χ0n) is 11.2. The van der Waals surface area contributed by atoms with Crippen LogP contribution in [0.5, 0.6) is 0 Å². The average molecular weight is 257 g/mol. The predicted octanol–water partition coefficient (Wildman–Crippen LogP) is 3.05. The van der Waals surface area contributed by atoms with Crippen LogP contribution in [0.25, 0.3) is 11.0 Å². The molecule has 0 N–H and O–H groups in total. The Morgan fingerprint density at radius 2 is 2.11 bits per heavy atom. The van der Waals surface area contributed by atoms with Gasteiger partial charge < -0.3 is 9.15 Å². The number of fused-ring (bicyclic) bond motifs is 1. The van der Waals surface area contributed by atoms with E-state index < -0.39 is 12.1 Å².